The second-order valence-corrected chi connectivity index (χ2v) is 7.17. The van der Waals surface area contributed by atoms with Gasteiger partial charge in [-0.3, -0.25) is 0 Å². The molecule has 0 amide bonds. The first kappa shape index (κ1) is 17.8. The molecule has 0 atom stereocenters. The van der Waals surface area contributed by atoms with E-state index >= 15 is 0 Å². The molecule has 0 aliphatic heterocycles. The highest BCUT2D eigenvalue weighted by Gasteiger charge is 2.11. The first-order chi connectivity index (χ1) is 9.81. The fourth-order valence-electron chi connectivity index (χ4n) is 1.91. The molecule has 0 aliphatic rings. The third-order valence-corrected chi connectivity index (χ3v) is 3.22. The van der Waals surface area contributed by atoms with Crippen LogP contribution >= 0.6 is 0 Å². The molecule has 3 nitrogen and oxygen atoms in total. The van der Waals surface area contributed by atoms with Crippen molar-refractivity contribution in [2.75, 3.05) is 20.3 Å². The van der Waals surface area contributed by atoms with Crippen molar-refractivity contribution in [3.8, 4) is 11.5 Å². The third kappa shape index (κ3) is 7.37. The summed E-state index contributed by atoms with van der Waals surface area (Å²) in [5, 5.41) is 3.44. The Hall–Kier alpha value is -1.22. The van der Waals surface area contributed by atoms with Gasteiger partial charge in [-0.15, -0.1) is 0 Å². The van der Waals surface area contributed by atoms with Gasteiger partial charge in [0.15, 0.2) is 11.5 Å². The molecule has 0 saturated carbocycles. The van der Waals surface area contributed by atoms with Crippen LogP contribution in [0.4, 0.5) is 0 Å². The Labute approximate surface area is 130 Å². The lowest BCUT2D eigenvalue weighted by molar-refractivity contribution is 0.234. The molecule has 0 fully saturated rings. The Balaban J connectivity index is 2.57. The average Bonchev–Trinajstić information content (AvgIpc) is 2.38. The molecular weight excluding hydrogens is 262 g/mol. The number of nitrogens with one attached hydrogen (secondary N) is 1. The number of hydrogen-bond donors (Lipinski definition) is 1. The summed E-state index contributed by atoms with van der Waals surface area (Å²) < 4.78 is 11.3. The minimum atomic E-state index is 0.286. The topological polar surface area (TPSA) is 30.5 Å². The fraction of sp³-hybridized carbons (Fsp3) is 0.667. The summed E-state index contributed by atoms with van der Waals surface area (Å²) in [6.07, 6.45) is 1.02. The summed E-state index contributed by atoms with van der Waals surface area (Å²) in [5.41, 5.74) is 1.50. The summed E-state index contributed by atoms with van der Waals surface area (Å²) in [6.45, 7) is 13.7. The molecule has 0 aliphatic carbocycles. The Bertz CT molecular complexity index is 422. The minimum Gasteiger partial charge on any atom is -0.493 e. The summed E-state index contributed by atoms with van der Waals surface area (Å²) in [4.78, 5) is 0. The van der Waals surface area contributed by atoms with Gasteiger partial charge in [0, 0.05) is 6.54 Å². The van der Waals surface area contributed by atoms with Crippen LogP contribution in [0, 0.1) is 11.3 Å². The van der Waals surface area contributed by atoms with Gasteiger partial charge in [0.2, 0.25) is 0 Å². The van der Waals surface area contributed by atoms with Crippen molar-refractivity contribution < 1.29 is 9.47 Å². The van der Waals surface area contributed by atoms with Crippen LogP contribution in [-0.2, 0) is 6.54 Å². The zero-order valence-corrected chi connectivity index (χ0v) is 14.5. The lowest BCUT2D eigenvalue weighted by Crippen LogP contribution is -2.19. The highest BCUT2D eigenvalue weighted by molar-refractivity contribution is 5.42. The summed E-state index contributed by atoms with van der Waals surface area (Å²) in [7, 11) is 1.69. The molecule has 120 valence electrons. The van der Waals surface area contributed by atoms with Crippen LogP contribution in [0.25, 0.3) is 0 Å². The predicted molar refractivity (Wildman–Crippen MR) is 89.1 cm³/mol. The van der Waals surface area contributed by atoms with Crippen LogP contribution < -0.4 is 14.8 Å². The van der Waals surface area contributed by atoms with E-state index in [2.05, 4.69) is 52.1 Å². The van der Waals surface area contributed by atoms with Gasteiger partial charge >= 0.3 is 0 Å². The highest BCUT2D eigenvalue weighted by Crippen LogP contribution is 2.29. The average molecular weight is 293 g/mol. The van der Waals surface area contributed by atoms with Crippen LogP contribution in [0.15, 0.2) is 18.2 Å². The molecule has 1 rings (SSSR count). The number of ether oxygens (including phenoxy) is 2. The van der Waals surface area contributed by atoms with Gasteiger partial charge in [0.1, 0.15) is 0 Å². The monoisotopic (exact) mass is 293 g/mol. The van der Waals surface area contributed by atoms with Gasteiger partial charge in [-0.2, -0.15) is 0 Å². The quantitative estimate of drug-likeness (QED) is 0.777. The van der Waals surface area contributed by atoms with E-state index in [-0.39, 0.29) is 5.41 Å². The van der Waals surface area contributed by atoms with Crippen LogP contribution in [-0.4, -0.2) is 20.3 Å². The van der Waals surface area contributed by atoms with Gasteiger partial charge in [-0.1, -0.05) is 40.7 Å². The minimum absolute atomic E-state index is 0.286. The molecule has 0 saturated heterocycles. The number of methoxy groups -OCH3 is 1. The van der Waals surface area contributed by atoms with Gasteiger partial charge < -0.3 is 14.8 Å². The first-order valence-corrected chi connectivity index (χ1v) is 7.82. The summed E-state index contributed by atoms with van der Waals surface area (Å²) in [6, 6.07) is 6.16. The Morgan fingerprint density at radius 2 is 1.86 bits per heavy atom. The standard InChI is InChI=1S/C18H31NO2/c1-14(2)12-19-13-15-7-8-16(17(11-15)20-6)21-10-9-18(3,4)5/h7-8,11,14,19H,9-10,12-13H2,1-6H3. The van der Waals surface area contributed by atoms with Crippen LogP contribution in [0.3, 0.4) is 0 Å². The normalized spacial score (nSPS) is 11.8. The van der Waals surface area contributed by atoms with Crippen molar-refractivity contribution in [1.82, 2.24) is 5.32 Å². The zero-order valence-electron chi connectivity index (χ0n) is 14.5. The van der Waals surface area contributed by atoms with E-state index in [0.717, 1.165) is 31.0 Å². The Kier molecular flexibility index (Phi) is 7.03. The molecule has 0 bridgehead atoms. The first-order valence-electron chi connectivity index (χ1n) is 7.82. The van der Waals surface area contributed by atoms with Crippen LogP contribution in [0.1, 0.15) is 46.6 Å². The molecule has 1 N–H and O–H groups in total. The van der Waals surface area contributed by atoms with Gasteiger partial charge in [-0.05, 0) is 42.0 Å². The smallest absolute Gasteiger partial charge is 0.161 e. The van der Waals surface area contributed by atoms with Crippen LogP contribution in [0.5, 0.6) is 11.5 Å². The van der Waals surface area contributed by atoms with Gasteiger partial charge in [0.05, 0.1) is 13.7 Å². The maximum Gasteiger partial charge on any atom is 0.161 e. The summed E-state index contributed by atoms with van der Waals surface area (Å²) >= 11 is 0. The van der Waals surface area contributed by atoms with Crippen molar-refractivity contribution in [3.05, 3.63) is 23.8 Å². The lowest BCUT2D eigenvalue weighted by Gasteiger charge is -2.19. The van der Waals surface area contributed by atoms with E-state index in [1.165, 1.54) is 5.56 Å². The molecule has 1 aromatic carbocycles. The molecular formula is C18H31NO2. The second kappa shape index (κ2) is 8.28. The number of hydrogen-bond acceptors (Lipinski definition) is 3. The number of rotatable bonds is 8. The predicted octanol–water partition coefficient (Wildman–Crippen LogP) is 4.26. The van der Waals surface area contributed by atoms with Crippen LogP contribution in [0.2, 0.25) is 0 Å². The molecule has 1 aromatic rings. The summed E-state index contributed by atoms with van der Waals surface area (Å²) in [5.74, 6) is 2.30. The van der Waals surface area contributed by atoms with Crippen molar-refractivity contribution in [1.29, 1.82) is 0 Å². The van der Waals surface area contributed by atoms with E-state index < -0.39 is 0 Å². The molecule has 0 heterocycles. The third-order valence-electron chi connectivity index (χ3n) is 3.22. The van der Waals surface area contributed by atoms with E-state index in [9.17, 15) is 0 Å². The molecule has 21 heavy (non-hydrogen) atoms. The van der Waals surface area contributed by atoms with Gasteiger partial charge in [0.25, 0.3) is 0 Å². The van der Waals surface area contributed by atoms with E-state index in [1.54, 1.807) is 7.11 Å². The van der Waals surface area contributed by atoms with Crippen molar-refractivity contribution in [2.45, 2.75) is 47.6 Å². The molecule has 0 unspecified atom stereocenters. The van der Waals surface area contributed by atoms with E-state index in [1.807, 2.05) is 6.07 Å². The van der Waals surface area contributed by atoms with Crippen molar-refractivity contribution >= 4 is 0 Å². The SMILES string of the molecule is COc1cc(CNCC(C)C)ccc1OCCC(C)(C)C. The van der Waals surface area contributed by atoms with Crippen molar-refractivity contribution in [2.24, 2.45) is 11.3 Å². The second-order valence-electron chi connectivity index (χ2n) is 7.17. The lowest BCUT2D eigenvalue weighted by atomic mass is 9.93. The maximum atomic E-state index is 5.86. The fourth-order valence-corrected chi connectivity index (χ4v) is 1.91. The van der Waals surface area contributed by atoms with E-state index in [4.69, 9.17) is 9.47 Å². The molecule has 3 heteroatoms. The number of benzene rings is 1. The van der Waals surface area contributed by atoms with Gasteiger partial charge in [-0.25, -0.2) is 0 Å². The Morgan fingerprint density at radius 3 is 2.43 bits per heavy atom. The molecule has 0 radical (unpaired) electrons. The molecule has 0 spiro atoms. The Morgan fingerprint density at radius 1 is 1.14 bits per heavy atom. The van der Waals surface area contributed by atoms with Crippen molar-refractivity contribution in [3.63, 3.8) is 0 Å². The zero-order chi connectivity index (χ0) is 15.9. The molecule has 0 aromatic heterocycles. The van der Waals surface area contributed by atoms with E-state index in [0.29, 0.717) is 12.5 Å². The maximum absolute atomic E-state index is 5.86. The highest BCUT2D eigenvalue weighted by atomic mass is 16.5. The largest absolute Gasteiger partial charge is 0.493 e.